The molecule has 0 spiro atoms. The molecule has 0 fully saturated rings. The molecule has 0 aliphatic rings. The normalized spacial score (nSPS) is 11.5. The standard InChI is InChI=1S/C31H38N2O4/c1-5-18-32-31(35)27(20-24-11-7-6-8-12-24)33(22-26-13-9-10-23(2)19-26)30(34)17-15-25-14-16-28(36-3)29(21-25)37-4/h6-14,16,19,21,27H,5,15,17-18,20,22H2,1-4H3,(H,32,35). The zero-order valence-corrected chi connectivity index (χ0v) is 22.3. The monoisotopic (exact) mass is 502 g/mol. The lowest BCUT2D eigenvalue weighted by atomic mass is 10.0. The molecule has 0 aliphatic heterocycles. The lowest BCUT2D eigenvalue weighted by molar-refractivity contribution is -0.141. The van der Waals surface area contributed by atoms with Gasteiger partial charge in [-0.05, 0) is 48.6 Å². The van der Waals surface area contributed by atoms with Crippen LogP contribution in [0.1, 0.15) is 42.0 Å². The van der Waals surface area contributed by atoms with E-state index in [2.05, 4.69) is 11.4 Å². The Labute approximate surface area is 220 Å². The van der Waals surface area contributed by atoms with Gasteiger partial charge in [0.15, 0.2) is 11.5 Å². The molecule has 0 saturated carbocycles. The number of nitrogens with one attached hydrogen (secondary N) is 1. The first-order chi connectivity index (χ1) is 17.9. The zero-order chi connectivity index (χ0) is 26.6. The molecule has 1 unspecified atom stereocenters. The van der Waals surface area contributed by atoms with Crippen molar-refractivity contribution in [3.63, 3.8) is 0 Å². The molecule has 3 aromatic carbocycles. The number of carbonyl (C=O) groups is 2. The number of nitrogens with zero attached hydrogens (tertiary/aromatic N) is 1. The van der Waals surface area contributed by atoms with Gasteiger partial charge in [0.05, 0.1) is 14.2 Å². The van der Waals surface area contributed by atoms with E-state index in [9.17, 15) is 9.59 Å². The van der Waals surface area contributed by atoms with Crippen molar-refractivity contribution < 1.29 is 19.1 Å². The first-order valence-corrected chi connectivity index (χ1v) is 12.8. The van der Waals surface area contributed by atoms with E-state index < -0.39 is 6.04 Å². The van der Waals surface area contributed by atoms with Crippen molar-refractivity contribution in [1.82, 2.24) is 10.2 Å². The zero-order valence-electron chi connectivity index (χ0n) is 22.3. The minimum atomic E-state index is -0.618. The molecule has 1 N–H and O–H groups in total. The summed E-state index contributed by atoms with van der Waals surface area (Å²) in [6.45, 7) is 4.99. The van der Waals surface area contributed by atoms with Crippen molar-refractivity contribution in [1.29, 1.82) is 0 Å². The second kappa shape index (κ2) is 14.1. The van der Waals surface area contributed by atoms with Crippen LogP contribution in [0.4, 0.5) is 0 Å². The maximum absolute atomic E-state index is 13.8. The van der Waals surface area contributed by atoms with Crippen molar-refractivity contribution in [3.8, 4) is 11.5 Å². The molecular formula is C31H38N2O4. The number of aryl methyl sites for hydroxylation is 2. The summed E-state index contributed by atoms with van der Waals surface area (Å²) < 4.78 is 10.8. The summed E-state index contributed by atoms with van der Waals surface area (Å²) in [5.74, 6) is 1.08. The number of benzene rings is 3. The van der Waals surface area contributed by atoms with Crippen LogP contribution in [0.3, 0.4) is 0 Å². The first-order valence-electron chi connectivity index (χ1n) is 12.8. The van der Waals surface area contributed by atoms with Gasteiger partial charge in [0.1, 0.15) is 6.04 Å². The quantitative estimate of drug-likeness (QED) is 0.353. The average molecular weight is 503 g/mol. The first kappa shape index (κ1) is 27.8. The Morgan fingerprint density at radius 3 is 2.27 bits per heavy atom. The van der Waals surface area contributed by atoms with Gasteiger partial charge in [0, 0.05) is 25.9 Å². The van der Waals surface area contributed by atoms with Crippen LogP contribution < -0.4 is 14.8 Å². The highest BCUT2D eigenvalue weighted by molar-refractivity contribution is 5.88. The number of ether oxygens (including phenoxy) is 2. The topological polar surface area (TPSA) is 67.9 Å². The molecule has 0 heterocycles. The van der Waals surface area contributed by atoms with E-state index in [4.69, 9.17) is 9.47 Å². The number of amides is 2. The van der Waals surface area contributed by atoms with E-state index in [0.717, 1.165) is 28.7 Å². The van der Waals surface area contributed by atoms with Gasteiger partial charge in [-0.3, -0.25) is 9.59 Å². The highest BCUT2D eigenvalue weighted by Gasteiger charge is 2.30. The number of hydrogen-bond acceptors (Lipinski definition) is 4. The Bertz CT molecular complexity index is 1160. The molecule has 3 rings (SSSR count). The van der Waals surface area contributed by atoms with Crippen LogP contribution in [0.2, 0.25) is 0 Å². The third-order valence-corrected chi connectivity index (χ3v) is 6.33. The molecule has 0 radical (unpaired) electrons. The molecule has 37 heavy (non-hydrogen) atoms. The highest BCUT2D eigenvalue weighted by atomic mass is 16.5. The summed E-state index contributed by atoms with van der Waals surface area (Å²) in [6.07, 6.45) is 2.07. The predicted octanol–water partition coefficient (Wildman–Crippen LogP) is 5.11. The van der Waals surface area contributed by atoms with Crippen LogP contribution in [-0.2, 0) is 29.0 Å². The van der Waals surface area contributed by atoms with Crippen LogP contribution in [-0.4, -0.2) is 43.5 Å². The molecule has 196 valence electrons. The Kier molecular flexibility index (Phi) is 10.6. The number of rotatable bonds is 13. The van der Waals surface area contributed by atoms with E-state index in [1.165, 1.54) is 0 Å². The Balaban J connectivity index is 1.89. The van der Waals surface area contributed by atoms with Crippen LogP contribution in [0, 0.1) is 6.92 Å². The predicted molar refractivity (Wildman–Crippen MR) is 147 cm³/mol. The van der Waals surface area contributed by atoms with E-state index in [0.29, 0.717) is 37.4 Å². The third-order valence-electron chi connectivity index (χ3n) is 6.33. The minimum Gasteiger partial charge on any atom is -0.493 e. The minimum absolute atomic E-state index is 0.0659. The second-order valence-electron chi connectivity index (χ2n) is 9.20. The highest BCUT2D eigenvalue weighted by Crippen LogP contribution is 2.28. The van der Waals surface area contributed by atoms with Gasteiger partial charge in [-0.1, -0.05) is 73.2 Å². The summed E-state index contributed by atoms with van der Waals surface area (Å²) in [7, 11) is 3.19. The largest absolute Gasteiger partial charge is 0.493 e. The molecule has 2 amide bonds. The van der Waals surface area contributed by atoms with Gasteiger partial charge >= 0.3 is 0 Å². The Morgan fingerprint density at radius 2 is 1.59 bits per heavy atom. The maximum atomic E-state index is 13.8. The van der Waals surface area contributed by atoms with Gasteiger partial charge in [-0.25, -0.2) is 0 Å². The van der Waals surface area contributed by atoms with Crippen LogP contribution in [0.25, 0.3) is 0 Å². The maximum Gasteiger partial charge on any atom is 0.243 e. The van der Waals surface area contributed by atoms with E-state index in [-0.39, 0.29) is 18.2 Å². The molecule has 3 aromatic rings. The van der Waals surface area contributed by atoms with Gasteiger partial charge < -0.3 is 19.7 Å². The van der Waals surface area contributed by atoms with Crippen LogP contribution in [0.5, 0.6) is 11.5 Å². The fourth-order valence-electron chi connectivity index (χ4n) is 4.36. The molecule has 6 nitrogen and oxygen atoms in total. The summed E-state index contributed by atoms with van der Waals surface area (Å²) in [4.78, 5) is 28.9. The van der Waals surface area contributed by atoms with E-state index in [1.807, 2.05) is 80.6 Å². The SMILES string of the molecule is CCCNC(=O)C(Cc1ccccc1)N(Cc1cccc(C)c1)C(=O)CCc1ccc(OC)c(OC)c1. The number of hydrogen-bond donors (Lipinski definition) is 1. The smallest absolute Gasteiger partial charge is 0.243 e. The van der Waals surface area contributed by atoms with Crippen molar-refractivity contribution in [3.05, 3.63) is 95.1 Å². The summed E-state index contributed by atoms with van der Waals surface area (Å²) in [5, 5.41) is 3.02. The second-order valence-corrected chi connectivity index (χ2v) is 9.20. The van der Waals surface area contributed by atoms with Gasteiger partial charge in [0.25, 0.3) is 0 Å². The lowest BCUT2D eigenvalue weighted by Crippen LogP contribution is -2.50. The van der Waals surface area contributed by atoms with Gasteiger partial charge in [-0.15, -0.1) is 0 Å². The fraction of sp³-hybridized carbons (Fsp3) is 0.355. The van der Waals surface area contributed by atoms with Gasteiger partial charge in [-0.2, -0.15) is 0 Å². The van der Waals surface area contributed by atoms with Crippen molar-refractivity contribution in [2.24, 2.45) is 0 Å². The number of carbonyl (C=O) groups excluding carboxylic acids is 2. The van der Waals surface area contributed by atoms with E-state index in [1.54, 1.807) is 19.1 Å². The Hall–Kier alpha value is -3.80. The Morgan fingerprint density at radius 1 is 0.865 bits per heavy atom. The molecule has 0 saturated heterocycles. The molecule has 0 aromatic heterocycles. The lowest BCUT2D eigenvalue weighted by Gasteiger charge is -2.32. The van der Waals surface area contributed by atoms with Gasteiger partial charge in [0.2, 0.25) is 11.8 Å². The average Bonchev–Trinajstić information content (AvgIpc) is 2.92. The summed E-state index contributed by atoms with van der Waals surface area (Å²) >= 11 is 0. The van der Waals surface area contributed by atoms with Crippen LogP contribution >= 0.6 is 0 Å². The van der Waals surface area contributed by atoms with E-state index >= 15 is 0 Å². The van der Waals surface area contributed by atoms with Crippen molar-refractivity contribution in [2.75, 3.05) is 20.8 Å². The number of methoxy groups -OCH3 is 2. The third kappa shape index (κ3) is 8.10. The van der Waals surface area contributed by atoms with Crippen LogP contribution in [0.15, 0.2) is 72.8 Å². The van der Waals surface area contributed by atoms with Crippen molar-refractivity contribution >= 4 is 11.8 Å². The molecule has 6 heteroatoms. The fourth-order valence-corrected chi connectivity index (χ4v) is 4.36. The molecule has 1 atom stereocenters. The summed E-state index contributed by atoms with van der Waals surface area (Å²) in [5.41, 5.74) is 4.10. The molecule has 0 aliphatic carbocycles. The van der Waals surface area contributed by atoms with Crippen molar-refractivity contribution in [2.45, 2.75) is 52.1 Å². The molecular weight excluding hydrogens is 464 g/mol. The summed E-state index contributed by atoms with van der Waals surface area (Å²) in [6, 6.07) is 23.0. The molecule has 0 bridgehead atoms.